The first kappa shape index (κ1) is 13.5. The second-order valence-corrected chi connectivity index (χ2v) is 4.79. The molecule has 2 aromatic rings. The van der Waals surface area contributed by atoms with Gasteiger partial charge >= 0.3 is 0 Å². The summed E-state index contributed by atoms with van der Waals surface area (Å²) in [7, 11) is 0. The van der Waals surface area contributed by atoms with Crippen molar-refractivity contribution in [3.05, 3.63) is 41.3 Å². The van der Waals surface area contributed by atoms with Gasteiger partial charge in [-0.15, -0.1) is 0 Å². The Morgan fingerprint density at radius 2 is 2.11 bits per heavy atom. The van der Waals surface area contributed by atoms with Crippen molar-refractivity contribution in [3.63, 3.8) is 0 Å². The molecule has 0 atom stereocenters. The molecule has 98 valence electrons. The van der Waals surface area contributed by atoms with Crippen LogP contribution in [0.3, 0.4) is 0 Å². The fourth-order valence-electron chi connectivity index (χ4n) is 1.77. The van der Waals surface area contributed by atoms with E-state index in [1.165, 1.54) is 6.21 Å². The first-order valence-electron chi connectivity index (χ1n) is 6.00. The molecular weight excluding hydrogens is 260 g/mol. The maximum Gasteiger partial charge on any atom is 0.222 e. The molecule has 0 spiro atoms. The molecule has 0 aliphatic rings. The molecule has 0 saturated heterocycles. The van der Waals surface area contributed by atoms with Gasteiger partial charge in [0, 0.05) is 35.3 Å². The standard InChI is InChI=1S/C14H15ClN4/c1-9(2)18-13-7-10(3-4-11(13)8-16)12-5-6-17-14(15)19-12/h3-9,16,18H,1-2H3. The number of nitrogens with zero attached hydrogens (tertiary/aromatic N) is 2. The molecule has 19 heavy (non-hydrogen) atoms. The van der Waals surface area contributed by atoms with Crippen LogP contribution in [-0.4, -0.2) is 22.2 Å². The quantitative estimate of drug-likeness (QED) is 0.661. The number of hydrogen-bond donors (Lipinski definition) is 2. The van der Waals surface area contributed by atoms with Crippen LogP contribution in [0.2, 0.25) is 5.28 Å². The summed E-state index contributed by atoms with van der Waals surface area (Å²) in [6.45, 7) is 4.11. The van der Waals surface area contributed by atoms with E-state index in [4.69, 9.17) is 17.0 Å². The third-order valence-corrected chi connectivity index (χ3v) is 2.76. The van der Waals surface area contributed by atoms with Gasteiger partial charge in [-0.3, -0.25) is 0 Å². The molecule has 2 N–H and O–H groups in total. The minimum absolute atomic E-state index is 0.229. The first-order chi connectivity index (χ1) is 9.10. The van der Waals surface area contributed by atoms with Crippen LogP contribution in [0.4, 0.5) is 5.69 Å². The van der Waals surface area contributed by atoms with E-state index in [0.717, 1.165) is 22.5 Å². The van der Waals surface area contributed by atoms with Crippen molar-refractivity contribution in [3.8, 4) is 11.3 Å². The van der Waals surface area contributed by atoms with Crippen molar-refractivity contribution in [2.24, 2.45) is 0 Å². The molecular formula is C14H15ClN4. The molecule has 0 amide bonds. The molecule has 2 rings (SSSR count). The highest BCUT2D eigenvalue weighted by molar-refractivity contribution is 6.28. The van der Waals surface area contributed by atoms with Gasteiger partial charge in [0.15, 0.2) is 0 Å². The Hall–Kier alpha value is -1.94. The molecule has 0 bridgehead atoms. The van der Waals surface area contributed by atoms with E-state index in [1.807, 2.05) is 24.3 Å². The molecule has 0 unspecified atom stereocenters. The van der Waals surface area contributed by atoms with Gasteiger partial charge in [0.25, 0.3) is 0 Å². The van der Waals surface area contributed by atoms with E-state index in [9.17, 15) is 0 Å². The van der Waals surface area contributed by atoms with Gasteiger partial charge in [0.1, 0.15) is 0 Å². The summed E-state index contributed by atoms with van der Waals surface area (Å²) in [5.41, 5.74) is 3.47. The normalized spacial score (nSPS) is 10.5. The molecule has 0 saturated carbocycles. The average molecular weight is 275 g/mol. The van der Waals surface area contributed by atoms with Gasteiger partial charge in [-0.2, -0.15) is 0 Å². The van der Waals surface area contributed by atoms with Crippen LogP contribution < -0.4 is 5.32 Å². The second-order valence-electron chi connectivity index (χ2n) is 4.46. The Morgan fingerprint density at radius 1 is 1.32 bits per heavy atom. The molecule has 1 heterocycles. The van der Waals surface area contributed by atoms with Crippen LogP contribution in [0, 0.1) is 5.41 Å². The average Bonchev–Trinajstić information content (AvgIpc) is 2.38. The summed E-state index contributed by atoms with van der Waals surface area (Å²) in [5.74, 6) is 0. The lowest BCUT2D eigenvalue weighted by Crippen LogP contribution is -2.11. The zero-order valence-electron chi connectivity index (χ0n) is 10.8. The van der Waals surface area contributed by atoms with Gasteiger partial charge in [0.05, 0.1) is 5.69 Å². The van der Waals surface area contributed by atoms with Crippen molar-refractivity contribution in [1.82, 2.24) is 9.97 Å². The third-order valence-electron chi connectivity index (χ3n) is 2.57. The molecule has 4 nitrogen and oxygen atoms in total. The van der Waals surface area contributed by atoms with Crippen LogP contribution in [0.15, 0.2) is 30.5 Å². The van der Waals surface area contributed by atoms with Crippen LogP contribution in [0.1, 0.15) is 19.4 Å². The van der Waals surface area contributed by atoms with E-state index >= 15 is 0 Å². The highest BCUT2D eigenvalue weighted by Crippen LogP contribution is 2.24. The first-order valence-corrected chi connectivity index (χ1v) is 6.38. The number of halogens is 1. The van der Waals surface area contributed by atoms with Crippen molar-refractivity contribution >= 4 is 23.5 Å². The van der Waals surface area contributed by atoms with E-state index < -0.39 is 0 Å². The lowest BCUT2D eigenvalue weighted by molar-refractivity contribution is 0.899. The SMILES string of the molecule is CC(C)Nc1cc(-c2ccnc(Cl)n2)ccc1C=N. The van der Waals surface area contributed by atoms with Crippen molar-refractivity contribution in [2.45, 2.75) is 19.9 Å². The van der Waals surface area contributed by atoms with Gasteiger partial charge in [-0.25, -0.2) is 9.97 Å². The number of rotatable bonds is 4. The van der Waals surface area contributed by atoms with Crippen LogP contribution in [0.25, 0.3) is 11.3 Å². The topological polar surface area (TPSA) is 61.7 Å². The molecule has 0 fully saturated rings. The van der Waals surface area contributed by atoms with Crippen molar-refractivity contribution in [1.29, 1.82) is 5.41 Å². The Balaban J connectivity index is 2.45. The number of hydrogen-bond acceptors (Lipinski definition) is 4. The molecule has 0 aliphatic heterocycles. The molecule has 0 aliphatic carbocycles. The molecule has 5 heteroatoms. The summed E-state index contributed by atoms with van der Waals surface area (Å²) < 4.78 is 0. The lowest BCUT2D eigenvalue weighted by Gasteiger charge is -2.14. The Bertz CT molecular complexity index is 596. The van der Waals surface area contributed by atoms with E-state index in [2.05, 4.69) is 29.1 Å². The van der Waals surface area contributed by atoms with Crippen LogP contribution in [-0.2, 0) is 0 Å². The minimum atomic E-state index is 0.229. The monoisotopic (exact) mass is 274 g/mol. The molecule has 0 radical (unpaired) electrons. The summed E-state index contributed by atoms with van der Waals surface area (Å²) in [6, 6.07) is 7.89. The fraction of sp³-hybridized carbons (Fsp3) is 0.214. The third kappa shape index (κ3) is 3.29. The molecule has 1 aromatic carbocycles. The highest BCUT2D eigenvalue weighted by Gasteiger charge is 2.06. The number of aromatic nitrogens is 2. The van der Waals surface area contributed by atoms with Crippen molar-refractivity contribution < 1.29 is 0 Å². The Morgan fingerprint density at radius 3 is 2.74 bits per heavy atom. The summed E-state index contributed by atoms with van der Waals surface area (Å²) in [5, 5.41) is 11.0. The van der Waals surface area contributed by atoms with Gasteiger partial charge in [0.2, 0.25) is 5.28 Å². The second kappa shape index (κ2) is 5.80. The molecule has 1 aromatic heterocycles. The van der Waals surface area contributed by atoms with Crippen LogP contribution in [0.5, 0.6) is 0 Å². The van der Waals surface area contributed by atoms with E-state index in [-0.39, 0.29) is 5.28 Å². The predicted molar refractivity (Wildman–Crippen MR) is 79.1 cm³/mol. The summed E-state index contributed by atoms with van der Waals surface area (Å²) in [4.78, 5) is 8.06. The van der Waals surface area contributed by atoms with E-state index in [1.54, 1.807) is 6.20 Å². The van der Waals surface area contributed by atoms with Crippen LogP contribution >= 0.6 is 11.6 Å². The van der Waals surface area contributed by atoms with Gasteiger partial charge < -0.3 is 10.7 Å². The van der Waals surface area contributed by atoms with Gasteiger partial charge in [-0.1, -0.05) is 12.1 Å². The van der Waals surface area contributed by atoms with E-state index in [0.29, 0.717) is 6.04 Å². The smallest absolute Gasteiger partial charge is 0.222 e. The Kier molecular flexibility index (Phi) is 4.12. The van der Waals surface area contributed by atoms with Crippen molar-refractivity contribution in [2.75, 3.05) is 5.32 Å². The number of nitrogens with one attached hydrogen (secondary N) is 2. The summed E-state index contributed by atoms with van der Waals surface area (Å²) >= 11 is 5.80. The number of benzene rings is 1. The van der Waals surface area contributed by atoms with Gasteiger partial charge in [-0.05, 0) is 37.6 Å². The maximum absolute atomic E-state index is 7.43. The zero-order chi connectivity index (χ0) is 13.8. The maximum atomic E-state index is 7.43. The largest absolute Gasteiger partial charge is 0.382 e. The fourth-order valence-corrected chi connectivity index (χ4v) is 1.92. The number of anilines is 1. The minimum Gasteiger partial charge on any atom is -0.382 e. The zero-order valence-corrected chi connectivity index (χ0v) is 11.6. The summed E-state index contributed by atoms with van der Waals surface area (Å²) in [6.07, 6.45) is 2.96. The lowest BCUT2D eigenvalue weighted by atomic mass is 10.1. The predicted octanol–water partition coefficient (Wildman–Crippen LogP) is 3.61. The Labute approximate surface area is 117 Å². The highest BCUT2D eigenvalue weighted by atomic mass is 35.5.